The van der Waals surface area contributed by atoms with Gasteiger partial charge in [0.2, 0.25) is 0 Å². The number of amidine groups is 2. The minimum atomic E-state index is -4.67. The molecule has 6 heterocycles. The highest BCUT2D eigenvalue weighted by molar-refractivity contribution is 8.01. The molecular weight excluding hydrogens is 653 g/mol. The summed E-state index contributed by atoms with van der Waals surface area (Å²) < 4.78 is 31.6. The summed E-state index contributed by atoms with van der Waals surface area (Å²) in [5.74, 6) is 4.45. The molecule has 2 N–H and O–H groups in total. The largest absolute Gasteiger partial charge is 0.394 e. The first kappa shape index (κ1) is 33.2. The monoisotopic (exact) mass is 688 g/mol. The average Bonchev–Trinajstić information content (AvgIpc) is 3.70. The van der Waals surface area contributed by atoms with E-state index in [2.05, 4.69) is 105 Å². The van der Waals surface area contributed by atoms with E-state index < -0.39 is 10.4 Å². The predicted molar refractivity (Wildman–Crippen MR) is 189 cm³/mol. The van der Waals surface area contributed by atoms with Crippen LogP contribution in [0.2, 0.25) is 0 Å². The first-order chi connectivity index (χ1) is 22.8. The molecule has 4 aliphatic heterocycles. The number of benzene rings is 2. The van der Waals surface area contributed by atoms with E-state index in [-0.39, 0.29) is 9.74 Å². The SMILES string of the molecule is O=S(=O)(O)O.c1ccc(C2(c3ccncc3)SCC3=NCCCN32)cc1.c1ccc(C2(c3ccncc3)SCC3=NCCCN32)cc1. The van der Waals surface area contributed by atoms with Crippen LogP contribution in [0.3, 0.4) is 0 Å². The predicted octanol–water partition coefficient (Wildman–Crippen LogP) is 5.61. The molecule has 8 rings (SSSR count). The van der Waals surface area contributed by atoms with Crippen molar-refractivity contribution in [3.05, 3.63) is 132 Å². The minimum Gasteiger partial charge on any atom is -0.337 e. The highest BCUT2D eigenvalue weighted by Crippen LogP contribution is 2.52. The third kappa shape index (κ3) is 7.09. The fraction of sp³-hybridized carbons (Fsp3) is 0.294. The quantitative estimate of drug-likeness (QED) is 0.261. The Labute approximate surface area is 284 Å². The lowest BCUT2D eigenvalue weighted by atomic mass is 9.96. The second-order valence-electron chi connectivity index (χ2n) is 11.1. The van der Waals surface area contributed by atoms with Gasteiger partial charge < -0.3 is 9.80 Å². The van der Waals surface area contributed by atoms with E-state index in [0.29, 0.717) is 0 Å². The second-order valence-corrected chi connectivity index (χ2v) is 14.4. The van der Waals surface area contributed by atoms with Crippen molar-refractivity contribution in [1.29, 1.82) is 0 Å². The number of hydrogen-bond acceptors (Lipinski definition) is 10. The maximum atomic E-state index is 8.74. The van der Waals surface area contributed by atoms with Gasteiger partial charge in [0.05, 0.1) is 11.5 Å². The Morgan fingerprint density at radius 3 is 1.28 bits per heavy atom. The number of thioether (sulfide) groups is 2. The highest BCUT2D eigenvalue weighted by atomic mass is 32.3. The van der Waals surface area contributed by atoms with Crippen LogP contribution in [0.4, 0.5) is 0 Å². The van der Waals surface area contributed by atoms with Gasteiger partial charge in [-0.15, -0.1) is 23.5 Å². The molecule has 0 bridgehead atoms. The van der Waals surface area contributed by atoms with Gasteiger partial charge in [-0.1, -0.05) is 60.7 Å². The molecule has 0 saturated carbocycles. The van der Waals surface area contributed by atoms with Crippen LogP contribution in [0.1, 0.15) is 35.1 Å². The summed E-state index contributed by atoms with van der Waals surface area (Å²) in [5.41, 5.74) is 5.24. The zero-order chi connectivity index (χ0) is 32.7. The maximum Gasteiger partial charge on any atom is 0.394 e. The molecule has 2 atom stereocenters. The summed E-state index contributed by atoms with van der Waals surface area (Å²) in [6.07, 6.45) is 9.81. The van der Waals surface area contributed by atoms with Crippen LogP contribution in [-0.2, 0) is 20.1 Å². The molecule has 13 heteroatoms. The molecule has 4 aliphatic rings. The Hall–Kier alpha value is -3.75. The molecule has 244 valence electrons. The van der Waals surface area contributed by atoms with Crippen molar-refractivity contribution in [1.82, 2.24) is 19.8 Å². The Morgan fingerprint density at radius 1 is 0.574 bits per heavy atom. The van der Waals surface area contributed by atoms with E-state index in [1.54, 1.807) is 0 Å². The van der Waals surface area contributed by atoms with Gasteiger partial charge in [0.15, 0.2) is 0 Å². The van der Waals surface area contributed by atoms with Crippen LogP contribution in [-0.4, -0.2) is 86.6 Å². The fourth-order valence-electron chi connectivity index (χ4n) is 6.50. The molecule has 0 amide bonds. The second kappa shape index (κ2) is 14.6. The van der Waals surface area contributed by atoms with E-state index in [4.69, 9.17) is 27.5 Å². The maximum absolute atomic E-state index is 8.74. The number of nitrogens with zero attached hydrogens (tertiary/aromatic N) is 6. The standard InChI is InChI=1S/2C17H17N3S.H2O4S/c2*1-2-5-14(6-3-1)17(15-7-10-18-11-8-15)20-12-4-9-19-16(20)13-21-17;1-5(2,3)4/h2*1-3,5-8,10-11H,4,9,12-13H2;(H2,1,2,3,4). The Balaban J connectivity index is 0.000000144. The number of hydrogen-bond donors (Lipinski definition) is 2. The number of aliphatic imine (C=N–C) groups is 2. The summed E-state index contributed by atoms with van der Waals surface area (Å²) in [7, 11) is -4.67. The zero-order valence-corrected chi connectivity index (χ0v) is 28.1. The molecule has 0 radical (unpaired) electrons. The topological polar surface area (TPSA) is 132 Å². The average molecular weight is 689 g/mol. The van der Waals surface area contributed by atoms with Crippen LogP contribution in [0.5, 0.6) is 0 Å². The van der Waals surface area contributed by atoms with E-state index in [1.807, 2.05) is 48.3 Å². The lowest BCUT2D eigenvalue weighted by molar-refractivity contribution is 0.314. The van der Waals surface area contributed by atoms with Gasteiger partial charge in [0, 0.05) is 51.0 Å². The van der Waals surface area contributed by atoms with Gasteiger partial charge in [0.1, 0.15) is 21.4 Å². The third-order valence-corrected chi connectivity index (χ3v) is 11.4. The van der Waals surface area contributed by atoms with E-state index in [9.17, 15) is 0 Å². The molecule has 4 aromatic rings. The molecular formula is C34H36N6O4S3. The Bertz CT molecular complexity index is 1590. The van der Waals surface area contributed by atoms with Crippen LogP contribution >= 0.6 is 23.5 Å². The van der Waals surface area contributed by atoms with Crippen LogP contribution in [0, 0.1) is 0 Å². The van der Waals surface area contributed by atoms with Gasteiger partial charge in [-0.2, -0.15) is 8.42 Å². The van der Waals surface area contributed by atoms with Gasteiger partial charge in [0.25, 0.3) is 0 Å². The minimum absolute atomic E-state index is 0.149. The molecule has 2 saturated heterocycles. The van der Waals surface area contributed by atoms with Gasteiger partial charge in [-0.05, 0) is 59.4 Å². The summed E-state index contributed by atoms with van der Waals surface area (Å²) in [4.78, 5) is 22.5. The van der Waals surface area contributed by atoms with Crippen molar-refractivity contribution in [2.45, 2.75) is 22.6 Å². The molecule has 2 unspecified atom stereocenters. The van der Waals surface area contributed by atoms with Crippen LogP contribution in [0.25, 0.3) is 0 Å². The van der Waals surface area contributed by atoms with Crippen molar-refractivity contribution >= 4 is 45.6 Å². The Morgan fingerprint density at radius 2 is 0.915 bits per heavy atom. The van der Waals surface area contributed by atoms with E-state index in [0.717, 1.165) is 50.5 Å². The summed E-state index contributed by atoms with van der Waals surface area (Å²) in [5, 5.41) is 0. The molecule has 47 heavy (non-hydrogen) atoms. The van der Waals surface area contributed by atoms with Crippen LogP contribution in [0.15, 0.2) is 120 Å². The molecule has 10 nitrogen and oxygen atoms in total. The van der Waals surface area contributed by atoms with Gasteiger partial charge in [-0.3, -0.25) is 29.1 Å². The number of rotatable bonds is 4. The summed E-state index contributed by atoms with van der Waals surface area (Å²) in [6.45, 7) is 4.08. The van der Waals surface area contributed by atoms with Crippen molar-refractivity contribution in [3.8, 4) is 0 Å². The van der Waals surface area contributed by atoms with Crippen LogP contribution < -0.4 is 0 Å². The third-order valence-electron chi connectivity index (χ3n) is 8.35. The fourth-order valence-corrected chi connectivity index (χ4v) is 9.58. The molecule has 2 aromatic heterocycles. The van der Waals surface area contributed by atoms with Crippen molar-refractivity contribution in [2.24, 2.45) is 9.98 Å². The van der Waals surface area contributed by atoms with E-state index >= 15 is 0 Å². The van der Waals surface area contributed by atoms with Gasteiger partial charge in [-0.25, -0.2) is 0 Å². The number of pyridine rings is 2. The molecule has 0 aliphatic carbocycles. The lowest BCUT2D eigenvalue weighted by Crippen LogP contribution is -2.45. The lowest BCUT2D eigenvalue weighted by Gasteiger charge is -2.41. The molecule has 0 spiro atoms. The zero-order valence-electron chi connectivity index (χ0n) is 25.7. The highest BCUT2D eigenvalue weighted by Gasteiger charge is 2.49. The van der Waals surface area contributed by atoms with Crippen molar-refractivity contribution < 1.29 is 17.5 Å². The summed E-state index contributed by atoms with van der Waals surface area (Å²) >= 11 is 3.94. The molecule has 2 fully saturated rings. The summed E-state index contributed by atoms with van der Waals surface area (Å²) in [6, 6.07) is 30.1. The van der Waals surface area contributed by atoms with E-state index in [1.165, 1.54) is 33.9 Å². The number of aromatic nitrogens is 2. The Kier molecular flexibility index (Phi) is 10.3. The smallest absolute Gasteiger partial charge is 0.337 e. The first-order valence-electron chi connectivity index (χ1n) is 15.3. The van der Waals surface area contributed by atoms with Gasteiger partial charge >= 0.3 is 10.4 Å². The normalized spacial score (nSPS) is 23.2. The molecule has 2 aromatic carbocycles. The first-order valence-corrected chi connectivity index (χ1v) is 18.7. The van der Waals surface area contributed by atoms with Crippen molar-refractivity contribution in [3.63, 3.8) is 0 Å². The van der Waals surface area contributed by atoms with Crippen molar-refractivity contribution in [2.75, 3.05) is 37.7 Å². The number of fused-ring (bicyclic) bond motifs is 2.